The van der Waals surface area contributed by atoms with E-state index in [2.05, 4.69) is 10.6 Å². The summed E-state index contributed by atoms with van der Waals surface area (Å²) in [4.78, 5) is 41.8. The normalized spacial score (nSPS) is 10.2. The first-order chi connectivity index (χ1) is 7.72. The fourth-order valence-electron chi connectivity index (χ4n) is 0.711. The zero-order valence-electron chi connectivity index (χ0n) is 8.51. The predicted octanol–water partition coefficient (Wildman–Crippen LogP) is -1.27. The molecule has 0 aliphatic heterocycles. The fraction of sp³-hybridized carbons (Fsp3) is 0.200. The average Bonchev–Trinajstić information content (AvgIpc) is 2.29. The molecule has 2 N–H and O–H groups in total. The highest BCUT2D eigenvalue weighted by Crippen LogP contribution is 1.72. The van der Waals surface area contributed by atoms with Crippen molar-refractivity contribution in [3.63, 3.8) is 0 Å². The second-order valence-electron chi connectivity index (χ2n) is 2.55. The van der Waals surface area contributed by atoms with Gasteiger partial charge in [0.2, 0.25) is 0 Å². The van der Waals surface area contributed by atoms with Crippen molar-refractivity contribution in [2.24, 2.45) is 0 Å². The van der Waals surface area contributed by atoms with Crippen molar-refractivity contribution in [3.8, 4) is 0 Å². The van der Waals surface area contributed by atoms with Gasteiger partial charge in [0.25, 0.3) is 0 Å². The van der Waals surface area contributed by atoms with Crippen molar-refractivity contribution in [2.45, 2.75) is 0 Å². The van der Waals surface area contributed by atoms with E-state index in [-0.39, 0.29) is 13.1 Å². The van der Waals surface area contributed by atoms with E-state index >= 15 is 0 Å². The summed E-state index contributed by atoms with van der Waals surface area (Å²) >= 11 is 0. The number of nitrogens with one attached hydrogen (secondary N) is 2. The third-order valence-electron chi connectivity index (χ3n) is 1.40. The molecule has 6 nitrogen and oxygen atoms in total. The van der Waals surface area contributed by atoms with Gasteiger partial charge in [-0.05, 0) is 12.2 Å². The number of amides is 2. The Morgan fingerprint density at radius 3 is 1.50 bits per heavy atom. The quantitative estimate of drug-likeness (QED) is 0.334. The SMILES string of the molecule is O=CC=CCNC(=O)C(=O)NCC=CC=O. The largest absolute Gasteiger partial charge is 0.344 e. The van der Waals surface area contributed by atoms with E-state index in [1.807, 2.05) is 0 Å². The Hall–Kier alpha value is -2.24. The van der Waals surface area contributed by atoms with Crippen LogP contribution in [0.15, 0.2) is 24.3 Å². The van der Waals surface area contributed by atoms with Gasteiger partial charge in [-0.3, -0.25) is 19.2 Å². The molecule has 0 saturated carbocycles. The van der Waals surface area contributed by atoms with Crippen molar-refractivity contribution in [2.75, 3.05) is 13.1 Å². The lowest BCUT2D eigenvalue weighted by Crippen LogP contribution is -2.39. The Bertz CT molecular complexity index is 289. The van der Waals surface area contributed by atoms with Crippen LogP contribution >= 0.6 is 0 Å². The third-order valence-corrected chi connectivity index (χ3v) is 1.40. The summed E-state index contributed by atoms with van der Waals surface area (Å²) in [5.74, 6) is -1.59. The molecular formula is C10H12N2O4. The highest BCUT2D eigenvalue weighted by molar-refractivity contribution is 6.35. The van der Waals surface area contributed by atoms with Crippen LogP contribution in [0.3, 0.4) is 0 Å². The second-order valence-corrected chi connectivity index (χ2v) is 2.55. The molecule has 16 heavy (non-hydrogen) atoms. The van der Waals surface area contributed by atoms with Crippen LogP contribution in [0.2, 0.25) is 0 Å². The number of hydrogen-bond acceptors (Lipinski definition) is 4. The number of rotatable bonds is 6. The number of hydrogen-bond donors (Lipinski definition) is 2. The van der Waals surface area contributed by atoms with Gasteiger partial charge in [0.05, 0.1) is 0 Å². The molecule has 0 heterocycles. The van der Waals surface area contributed by atoms with E-state index in [1.165, 1.54) is 24.3 Å². The lowest BCUT2D eigenvalue weighted by Gasteiger charge is -2.01. The number of carbonyl (C=O) groups is 4. The molecule has 6 heteroatoms. The van der Waals surface area contributed by atoms with Gasteiger partial charge in [-0.1, -0.05) is 12.2 Å². The molecule has 0 rings (SSSR count). The average molecular weight is 224 g/mol. The Morgan fingerprint density at radius 1 is 0.812 bits per heavy atom. The van der Waals surface area contributed by atoms with Crippen molar-refractivity contribution < 1.29 is 19.2 Å². The molecule has 0 radical (unpaired) electrons. The van der Waals surface area contributed by atoms with Gasteiger partial charge >= 0.3 is 11.8 Å². The van der Waals surface area contributed by atoms with Crippen LogP contribution in [0, 0.1) is 0 Å². The Kier molecular flexibility index (Phi) is 8.02. The van der Waals surface area contributed by atoms with Gasteiger partial charge < -0.3 is 10.6 Å². The molecular weight excluding hydrogens is 212 g/mol. The lowest BCUT2D eigenvalue weighted by molar-refractivity contribution is -0.138. The topological polar surface area (TPSA) is 92.3 Å². The molecule has 0 bridgehead atoms. The standard InChI is InChI=1S/C10H12N2O4/c13-7-3-1-5-11-9(15)10(16)12-6-2-4-8-14/h1-4,7-8H,5-6H2,(H,11,15)(H,12,16). The van der Waals surface area contributed by atoms with E-state index in [4.69, 9.17) is 0 Å². The summed E-state index contributed by atoms with van der Waals surface area (Å²) in [5.41, 5.74) is 0. The fourth-order valence-corrected chi connectivity index (χ4v) is 0.711. The minimum absolute atomic E-state index is 0.106. The maximum atomic E-state index is 11.0. The molecule has 0 saturated heterocycles. The van der Waals surface area contributed by atoms with Gasteiger partial charge in [0.15, 0.2) is 0 Å². The van der Waals surface area contributed by atoms with E-state index in [1.54, 1.807) is 0 Å². The van der Waals surface area contributed by atoms with Crippen LogP contribution in [0.1, 0.15) is 0 Å². The summed E-state index contributed by atoms with van der Waals surface area (Å²) in [6.45, 7) is 0.213. The zero-order chi connectivity index (χ0) is 12.2. The molecule has 0 unspecified atom stereocenters. The van der Waals surface area contributed by atoms with Crippen LogP contribution in [-0.4, -0.2) is 37.5 Å². The maximum Gasteiger partial charge on any atom is 0.309 e. The Labute approximate surface area is 92.4 Å². The van der Waals surface area contributed by atoms with Crippen molar-refractivity contribution in [1.82, 2.24) is 10.6 Å². The van der Waals surface area contributed by atoms with Gasteiger partial charge in [-0.2, -0.15) is 0 Å². The lowest BCUT2D eigenvalue weighted by atomic mass is 10.4. The molecule has 0 atom stereocenters. The summed E-state index contributed by atoms with van der Waals surface area (Å²) < 4.78 is 0. The molecule has 0 aliphatic rings. The summed E-state index contributed by atoms with van der Waals surface area (Å²) in [5, 5.41) is 4.54. The van der Waals surface area contributed by atoms with E-state index in [0.29, 0.717) is 12.6 Å². The summed E-state index contributed by atoms with van der Waals surface area (Å²) in [6, 6.07) is 0. The smallest absolute Gasteiger partial charge is 0.309 e. The molecule has 86 valence electrons. The molecule has 0 aromatic rings. The third kappa shape index (κ3) is 7.19. The molecule has 0 spiro atoms. The Balaban J connectivity index is 3.77. The van der Waals surface area contributed by atoms with E-state index in [0.717, 1.165) is 0 Å². The molecule has 0 aliphatic carbocycles. The number of aldehydes is 2. The van der Waals surface area contributed by atoms with Gasteiger partial charge in [0, 0.05) is 13.1 Å². The number of carbonyl (C=O) groups excluding carboxylic acids is 4. The second kappa shape index (κ2) is 9.32. The van der Waals surface area contributed by atoms with Crippen LogP contribution in [0.5, 0.6) is 0 Å². The number of allylic oxidation sites excluding steroid dienone is 2. The van der Waals surface area contributed by atoms with Crippen molar-refractivity contribution in [1.29, 1.82) is 0 Å². The van der Waals surface area contributed by atoms with Gasteiger partial charge in [0.1, 0.15) is 12.6 Å². The highest BCUT2D eigenvalue weighted by Gasteiger charge is 2.09. The first-order valence-electron chi connectivity index (χ1n) is 4.49. The van der Waals surface area contributed by atoms with Gasteiger partial charge in [-0.25, -0.2) is 0 Å². The van der Waals surface area contributed by atoms with Crippen molar-refractivity contribution >= 4 is 24.4 Å². The molecule has 2 amide bonds. The summed E-state index contributed by atoms with van der Waals surface area (Å²) in [7, 11) is 0. The minimum Gasteiger partial charge on any atom is -0.344 e. The first-order valence-corrected chi connectivity index (χ1v) is 4.49. The van der Waals surface area contributed by atoms with E-state index in [9.17, 15) is 19.2 Å². The monoisotopic (exact) mass is 224 g/mol. The maximum absolute atomic E-state index is 11.0. The van der Waals surface area contributed by atoms with Crippen LogP contribution in [-0.2, 0) is 19.2 Å². The summed E-state index contributed by atoms with van der Waals surface area (Å²) in [6.07, 6.45) is 6.37. The Morgan fingerprint density at radius 2 is 1.19 bits per heavy atom. The zero-order valence-corrected chi connectivity index (χ0v) is 8.51. The predicted molar refractivity (Wildman–Crippen MR) is 56.4 cm³/mol. The highest BCUT2D eigenvalue weighted by atomic mass is 16.2. The first kappa shape index (κ1) is 13.8. The van der Waals surface area contributed by atoms with Crippen molar-refractivity contribution in [3.05, 3.63) is 24.3 Å². The molecule has 0 aromatic heterocycles. The molecule has 0 fully saturated rings. The van der Waals surface area contributed by atoms with Crippen LogP contribution in [0.25, 0.3) is 0 Å². The van der Waals surface area contributed by atoms with Crippen LogP contribution < -0.4 is 10.6 Å². The molecule has 0 aromatic carbocycles. The van der Waals surface area contributed by atoms with Gasteiger partial charge in [-0.15, -0.1) is 0 Å². The van der Waals surface area contributed by atoms with Crippen LogP contribution in [0.4, 0.5) is 0 Å². The van der Waals surface area contributed by atoms with E-state index < -0.39 is 11.8 Å². The minimum atomic E-state index is -0.796.